The molecular formula is C21H22N2O. The molecule has 1 aromatic heterocycles. The summed E-state index contributed by atoms with van der Waals surface area (Å²) in [6, 6.07) is 12.9. The Morgan fingerprint density at radius 3 is 2.67 bits per heavy atom. The Bertz CT molecular complexity index is 919. The second kappa shape index (κ2) is 5.91. The highest BCUT2D eigenvalue weighted by Gasteiger charge is 2.22. The van der Waals surface area contributed by atoms with Crippen molar-refractivity contribution >= 4 is 16.7 Å². The van der Waals surface area contributed by atoms with E-state index in [1.54, 1.807) is 0 Å². The van der Waals surface area contributed by atoms with Gasteiger partial charge in [-0.2, -0.15) is 0 Å². The molecular weight excluding hydrogens is 296 g/mol. The average molecular weight is 318 g/mol. The van der Waals surface area contributed by atoms with E-state index in [1.807, 2.05) is 13.1 Å². The minimum absolute atomic E-state index is 0.275. The molecule has 3 heteroatoms. The Morgan fingerprint density at radius 2 is 1.92 bits per heavy atom. The van der Waals surface area contributed by atoms with E-state index in [4.69, 9.17) is 0 Å². The van der Waals surface area contributed by atoms with E-state index in [-0.39, 0.29) is 5.78 Å². The van der Waals surface area contributed by atoms with Gasteiger partial charge in [-0.25, -0.2) is 0 Å². The molecule has 2 aromatic carbocycles. The van der Waals surface area contributed by atoms with E-state index in [2.05, 4.69) is 47.6 Å². The van der Waals surface area contributed by atoms with Gasteiger partial charge in [0.2, 0.25) is 0 Å². The molecule has 24 heavy (non-hydrogen) atoms. The van der Waals surface area contributed by atoms with Crippen LogP contribution in [0.25, 0.3) is 22.2 Å². The van der Waals surface area contributed by atoms with E-state index in [9.17, 15) is 4.79 Å². The first-order valence-electron chi connectivity index (χ1n) is 8.59. The standard InChI is InChI=1S/C21H22N2O/c1-13-10-17-19(24)5-3-4-16-20(17)18(11-13)23-21(16)15-8-6-14(7-9-15)12-22-2/h6-11,22-23H,3-5,12H2,1-2H3. The largest absolute Gasteiger partial charge is 0.354 e. The van der Waals surface area contributed by atoms with Crippen molar-refractivity contribution in [3.05, 3.63) is 58.7 Å². The van der Waals surface area contributed by atoms with Crippen LogP contribution in [0.1, 0.15) is 39.9 Å². The highest BCUT2D eigenvalue weighted by molar-refractivity contribution is 6.11. The van der Waals surface area contributed by atoms with Crippen molar-refractivity contribution in [3.63, 3.8) is 0 Å². The highest BCUT2D eigenvalue weighted by Crippen LogP contribution is 2.37. The van der Waals surface area contributed by atoms with E-state index in [0.29, 0.717) is 6.42 Å². The second-order valence-corrected chi connectivity index (χ2v) is 6.72. The summed E-state index contributed by atoms with van der Waals surface area (Å²) >= 11 is 0. The quantitative estimate of drug-likeness (QED) is 0.752. The highest BCUT2D eigenvalue weighted by atomic mass is 16.1. The Balaban J connectivity index is 1.91. The van der Waals surface area contributed by atoms with Crippen molar-refractivity contribution in [1.29, 1.82) is 0 Å². The monoisotopic (exact) mass is 318 g/mol. The van der Waals surface area contributed by atoms with Gasteiger partial charge in [-0.1, -0.05) is 24.3 Å². The molecule has 0 unspecified atom stereocenters. The summed E-state index contributed by atoms with van der Waals surface area (Å²) < 4.78 is 0. The number of aromatic nitrogens is 1. The molecule has 3 aromatic rings. The summed E-state index contributed by atoms with van der Waals surface area (Å²) in [5.41, 5.74) is 8.05. The van der Waals surface area contributed by atoms with Gasteiger partial charge >= 0.3 is 0 Å². The predicted molar refractivity (Wildman–Crippen MR) is 98.5 cm³/mol. The molecule has 1 aliphatic rings. The van der Waals surface area contributed by atoms with Crippen molar-refractivity contribution in [2.24, 2.45) is 0 Å². The fraction of sp³-hybridized carbons (Fsp3) is 0.286. The summed E-state index contributed by atoms with van der Waals surface area (Å²) in [5.74, 6) is 0.275. The lowest BCUT2D eigenvalue weighted by Crippen LogP contribution is -2.04. The second-order valence-electron chi connectivity index (χ2n) is 6.72. The number of aryl methyl sites for hydroxylation is 2. The molecule has 0 saturated heterocycles. The zero-order chi connectivity index (χ0) is 16.7. The molecule has 4 rings (SSSR count). The Hall–Kier alpha value is -2.39. The molecule has 0 fully saturated rings. The summed E-state index contributed by atoms with van der Waals surface area (Å²) in [6.07, 6.45) is 2.52. The van der Waals surface area contributed by atoms with Crippen molar-refractivity contribution in [3.8, 4) is 11.3 Å². The SMILES string of the molecule is CNCc1ccc(-c2[nH]c3cc(C)cc4c3c2CCCC4=O)cc1. The maximum absolute atomic E-state index is 12.5. The molecule has 0 bridgehead atoms. The van der Waals surface area contributed by atoms with Crippen LogP contribution in [0.3, 0.4) is 0 Å². The van der Waals surface area contributed by atoms with Gasteiger partial charge in [-0.3, -0.25) is 4.79 Å². The van der Waals surface area contributed by atoms with Crippen molar-refractivity contribution in [1.82, 2.24) is 10.3 Å². The maximum Gasteiger partial charge on any atom is 0.163 e. The molecule has 0 amide bonds. The molecule has 0 aliphatic heterocycles. The van der Waals surface area contributed by atoms with Gasteiger partial charge in [0.1, 0.15) is 0 Å². The average Bonchev–Trinajstić information content (AvgIpc) is 2.84. The molecule has 122 valence electrons. The van der Waals surface area contributed by atoms with Crippen molar-refractivity contribution in [2.75, 3.05) is 7.05 Å². The van der Waals surface area contributed by atoms with Crippen molar-refractivity contribution in [2.45, 2.75) is 32.7 Å². The van der Waals surface area contributed by atoms with Crippen molar-refractivity contribution < 1.29 is 4.79 Å². The fourth-order valence-corrected chi connectivity index (χ4v) is 3.82. The molecule has 0 spiro atoms. The van der Waals surface area contributed by atoms with Gasteiger partial charge in [0.05, 0.1) is 0 Å². The van der Waals surface area contributed by atoms with Crippen LogP contribution in [0.2, 0.25) is 0 Å². The molecule has 2 N–H and O–H groups in total. The van der Waals surface area contributed by atoms with Crippen LogP contribution in [0.15, 0.2) is 36.4 Å². The molecule has 0 saturated carbocycles. The maximum atomic E-state index is 12.5. The molecule has 0 atom stereocenters. The third-order valence-corrected chi connectivity index (χ3v) is 4.90. The fourth-order valence-electron chi connectivity index (χ4n) is 3.82. The van der Waals surface area contributed by atoms with Crippen LogP contribution >= 0.6 is 0 Å². The summed E-state index contributed by atoms with van der Waals surface area (Å²) in [7, 11) is 1.96. The minimum Gasteiger partial charge on any atom is -0.354 e. The topological polar surface area (TPSA) is 44.9 Å². The number of ketones is 1. The van der Waals surface area contributed by atoms with Crippen LogP contribution < -0.4 is 5.32 Å². The van der Waals surface area contributed by atoms with Gasteiger partial charge in [-0.15, -0.1) is 0 Å². The Labute approximate surface area is 142 Å². The predicted octanol–water partition coefficient (Wildman–Crippen LogP) is 4.38. The van der Waals surface area contributed by atoms with E-state index in [1.165, 1.54) is 22.4 Å². The molecule has 0 radical (unpaired) electrons. The van der Waals surface area contributed by atoms with Crippen LogP contribution in [0, 0.1) is 6.92 Å². The normalized spacial score (nSPS) is 14.2. The Morgan fingerprint density at radius 1 is 1.12 bits per heavy atom. The molecule has 3 nitrogen and oxygen atoms in total. The zero-order valence-electron chi connectivity index (χ0n) is 14.2. The lowest BCUT2D eigenvalue weighted by Gasteiger charge is -2.06. The van der Waals surface area contributed by atoms with E-state index >= 15 is 0 Å². The van der Waals surface area contributed by atoms with Gasteiger partial charge in [-0.05, 0) is 61.2 Å². The summed E-state index contributed by atoms with van der Waals surface area (Å²) in [6.45, 7) is 2.93. The lowest BCUT2D eigenvalue weighted by atomic mass is 9.98. The number of Topliss-reactive ketones (excluding diaryl/α,β-unsaturated/α-hetero) is 1. The molecule has 1 heterocycles. The Kier molecular flexibility index (Phi) is 3.73. The van der Waals surface area contributed by atoms with Gasteiger partial charge in [0.25, 0.3) is 0 Å². The van der Waals surface area contributed by atoms with Crippen LogP contribution in [0.4, 0.5) is 0 Å². The molecule has 1 aliphatic carbocycles. The van der Waals surface area contributed by atoms with Crippen LogP contribution in [-0.2, 0) is 13.0 Å². The first-order valence-corrected chi connectivity index (χ1v) is 8.59. The third kappa shape index (κ3) is 2.45. The summed E-state index contributed by atoms with van der Waals surface area (Å²) in [4.78, 5) is 16.1. The number of hydrogen-bond donors (Lipinski definition) is 2. The number of H-pyrrole nitrogens is 1. The number of carbonyl (C=O) groups excluding carboxylic acids is 1. The van der Waals surface area contributed by atoms with Gasteiger partial charge < -0.3 is 10.3 Å². The van der Waals surface area contributed by atoms with Gasteiger partial charge in [0, 0.05) is 35.1 Å². The lowest BCUT2D eigenvalue weighted by molar-refractivity contribution is 0.0983. The number of hydrogen-bond acceptors (Lipinski definition) is 2. The number of aromatic amines is 1. The zero-order valence-corrected chi connectivity index (χ0v) is 14.2. The minimum atomic E-state index is 0.275. The smallest absolute Gasteiger partial charge is 0.163 e. The number of carbonyl (C=O) groups is 1. The summed E-state index contributed by atoms with van der Waals surface area (Å²) in [5, 5.41) is 4.31. The first-order chi connectivity index (χ1) is 11.7. The number of nitrogens with one attached hydrogen (secondary N) is 2. The van der Waals surface area contributed by atoms with E-state index < -0.39 is 0 Å². The first kappa shape index (κ1) is 15.2. The number of rotatable bonds is 3. The van der Waals surface area contributed by atoms with Crippen LogP contribution in [0.5, 0.6) is 0 Å². The van der Waals surface area contributed by atoms with Crippen LogP contribution in [-0.4, -0.2) is 17.8 Å². The van der Waals surface area contributed by atoms with E-state index in [0.717, 1.165) is 41.4 Å². The third-order valence-electron chi connectivity index (χ3n) is 4.90. The van der Waals surface area contributed by atoms with Gasteiger partial charge in [0.15, 0.2) is 5.78 Å². The number of benzene rings is 2.